The Morgan fingerprint density at radius 3 is 2.73 bits per heavy atom. The maximum Gasteiger partial charge on any atom is 0.325 e. The second kappa shape index (κ2) is 5.41. The van der Waals surface area contributed by atoms with E-state index < -0.39 is 0 Å². The zero-order valence-electron chi connectivity index (χ0n) is 12.4. The van der Waals surface area contributed by atoms with E-state index in [0.717, 1.165) is 36.7 Å². The van der Waals surface area contributed by atoms with E-state index in [2.05, 4.69) is 15.0 Å². The van der Waals surface area contributed by atoms with E-state index in [4.69, 9.17) is 16.0 Å². The minimum absolute atomic E-state index is 0.529. The van der Waals surface area contributed by atoms with Crippen LogP contribution in [0.15, 0.2) is 28.7 Å². The van der Waals surface area contributed by atoms with Crippen LogP contribution in [0.25, 0.3) is 17.2 Å². The zero-order chi connectivity index (χ0) is 15.1. The van der Waals surface area contributed by atoms with Gasteiger partial charge in [0.25, 0.3) is 0 Å². The van der Waals surface area contributed by atoms with Crippen molar-refractivity contribution in [3.63, 3.8) is 0 Å². The lowest BCUT2D eigenvalue weighted by Crippen LogP contribution is -2.18. The number of aromatic nitrogens is 3. The number of halogens is 1. The molecule has 6 heteroatoms. The highest BCUT2D eigenvalue weighted by Gasteiger charge is 2.20. The van der Waals surface area contributed by atoms with Gasteiger partial charge in [-0.1, -0.05) is 23.7 Å². The molecule has 1 aliphatic heterocycles. The molecular formula is C16H17ClN4O. The smallest absolute Gasteiger partial charge is 0.325 e. The van der Waals surface area contributed by atoms with Crippen molar-refractivity contribution in [3.8, 4) is 11.4 Å². The van der Waals surface area contributed by atoms with Crippen LogP contribution < -0.4 is 0 Å². The topological polar surface area (TPSA) is 46.6 Å². The summed E-state index contributed by atoms with van der Waals surface area (Å²) in [7, 11) is 0. The molecule has 0 N–H and O–H groups in total. The minimum atomic E-state index is 0.529. The Labute approximate surface area is 133 Å². The summed E-state index contributed by atoms with van der Waals surface area (Å²) in [4.78, 5) is 6.89. The van der Waals surface area contributed by atoms with Crippen LogP contribution in [0.4, 0.5) is 0 Å². The number of hydrogen-bond donors (Lipinski definition) is 0. The van der Waals surface area contributed by atoms with Gasteiger partial charge in [-0.2, -0.15) is 9.50 Å². The highest BCUT2D eigenvalue weighted by molar-refractivity contribution is 6.33. The van der Waals surface area contributed by atoms with Crippen molar-refractivity contribution in [2.45, 2.75) is 26.3 Å². The molecule has 3 heterocycles. The van der Waals surface area contributed by atoms with E-state index >= 15 is 0 Å². The van der Waals surface area contributed by atoms with E-state index in [1.165, 1.54) is 12.8 Å². The van der Waals surface area contributed by atoms with Crippen LogP contribution in [-0.2, 0) is 6.54 Å². The van der Waals surface area contributed by atoms with Crippen LogP contribution >= 0.6 is 11.6 Å². The number of nitrogens with zero attached hydrogens (tertiary/aromatic N) is 4. The Bertz CT molecular complexity index is 817. The van der Waals surface area contributed by atoms with Crippen LogP contribution in [0.5, 0.6) is 0 Å². The van der Waals surface area contributed by atoms with Crippen LogP contribution in [0.2, 0.25) is 5.02 Å². The highest BCUT2D eigenvalue weighted by atomic mass is 35.5. The lowest BCUT2D eigenvalue weighted by atomic mass is 10.2. The Hall–Kier alpha value is -1.85. The Balaban J connectivity index is 1.69. The molecule has 1 saturated heterocycles. The molecule has 114 valence electrons. The van der Waals surface area contributed by atoms with Gasteiger partial charge in [-0.25, -0.2) is 0 Å². The van der Waals surface area contributed by atoms with E-state index in [1.54, 1.807) is 4.52 Å². The molecule has 0 atom stereocenters. The summed E-state index contributed by atoms with van der Waals surface area (Å²) >= 11 is 6.21. The standard InChI is InChI=1S/C16H17ClN4O/c1-11-14(10-20-8-4-5-9-20)22-16-18-15(19-21(11)16)12-6-2-3-7-13(12)17/h2-3,6-7H,4-5,8-10H2,1H3. The van der Waals surface area contributed by atoms with E-state index in [9.17, 15) is 0 Å². The van der Waals surface area contributed by atoms with Gasteiger partial charge in [-0.05, 0) is 45.0 Å². The van der Waals surface area contributed by atoms with Crippen molar-refractivity contribution in [1.82, 2.24) is 19.5 Å². The number of rotatable bonds is 3. The first-order valence-electron chi connectivity index (χ1n) is 7.54. The molecular weight excluding hydrogens is 300 g/mol. The molecule has 0 unspecified atom stereocenters. The summed E-state index contributed by atoms with van der Waals surface area (Å²) in [6.07, 6.45) is 2.54. The van der Waals surface area contributed by atoms with Gasteiger partial charge in [0.05, 0.1) is 17.3 Å². The third-order valence-corrected chi connectivity index (χ3v) is 4.52. The monoisotopic (exact) mass is 316 g/mol. The van der Waals surface area contributed by atoms with E-state index in [1.807, 2.05) is 31.2 Å². The number of likely N-dealkylation sites (tertiary alicyclic amines) is 1. The summed E-state index contributed by atoms with van der Waals surface area (Å²) in [6.45, 7) is 5.13. The lowest BCUT2D eigenvalue weighted by Gasteiger charge is -2.12. The van der Waals surface area contributed by atoms with Gasteiger partial charge in [-0.15, -0.1) is 5.10 Å². The molecule has 5 nitrogen and oxygen atoms in total. The van der Waals surface area contributed by atoms with Crippen LogP contribution in [0.3, 0.4) is 0 Å². The van der Waals surface area contributed by atoms with Gasteiger partial charge in [0, 0.05) is 5.56 Å². The summed E-state index contributed by atoms with van der Waals surface area (Å²) in [5.41, 5.74) is 1.83. The number of oxazole rings is 1. The Morgan fingerprint density at radius 1 is 1.23 bits per heavy atom. The third kappa shape index (κ3) is 2.30. The summed E-state index contributed by atoms with van der Waals surface area (Å²) in [5, 5.41) is 5.19. The van der Waals surface area contributed by atoms with Crippen molar-refractivity contribution in [2.24, 2.45) is 0 Å². The molecule has 22 heavy (non-hydrogen) atoms. The number of aryl methyl sites for hydroxylation is 1. The summed E-state index contributed by atoms with van der Waals surface area (Å²) < 4.78 is 7.68. The van der Waals surface area contributed by atoms with Gasteiger partial charge >= 0.3 is 5.84 Å². The van der Waals surface area contributed by atoms with Gasteiger partial charge in [-0.3, -0.25) is 4.90 Å². The molecule has 0 spiro atoms. The largest absolute Gasteiger partial charge is 0.425 e. The zero-order valence-corrected chi connectivity index (χ0v) is 13.2. The van der Waals surface area contributed by atoms with Crippen LogP contribution in [0, 0.1) is 6.92 Å². The van der Waals surface area contributed by atoms with Crippen LogP contribution in [-0.4, -0.2) is 32.6 Å². The van der Waals surface area contributed by atoms with Crippen LogP contribution in [0.1, 0.15) is 24.3 Å². The minimum Gasteiger partial charge on any atom is -0.425 e. The van der Waals surface area contributed by atoms with Crippen molar-refractivity contribution >= 4 is 17.4 Å². The van der Waals surface area contributed by atoms with E-state index in [0.29, 0.717) is 16.7 Å². The number of hydrogen-bond acceptors (Lipinski definition) is 4. The predicted octanol–water partition coefficient (Wildman–Crippen LogP) is 3.55. The maximum absolute atomic E-state index is 6.21. The molecule has 1 fully saturated rings. The SMILES string of the molecule is Cc1c(CN2CCCC2)oc2nc(-c3ccccc3Cl)nn12. The Morgan fingerprint density at radius 2 is 2.00 bits per heavy atom. The first-order valence-corrected chi connectivity index (χ1v) is 7.92. The average Bonchev–Trinajstić information content (AvgIpc) is 3.20. The molecule has 0 radical (unpaired) electrons. The normalized spacial score (nSPS) is 15.9. The molecule has 2 aromatic heterocycles. The fourth-order valence-corrected chi connectivity index (χ4v) is 3.15. The van der Waals surface area contributed by atoms with Crippen molar-refractivity contribution < 1.29 is 4.42 Å². The molecule has 4 rings (SSSR count). The number of benzene rings is 1. The first-order chi connectivity index (χ1) is 10.7. The molecule has 1 aliphatic rings. The second-order valence-electron chi connectivity index (χ2n) is 5.70. The average molecular weight is 317 g/mol. The van der Waals surface area contributed by atoms with Gasteiger partial charge in [0.15, 0.2) is 5.82 Å². The second-order valence-corrected chi connectivity index (χ2v) is 6.11. The van der Waals surface area contributed by atoms with Gasteiger partial charge in [0.1, 0.15) is 5.76 Å². The first kappa shape index (κ1) is 13.8. The Kier molecular flexibility index (Phi) is 3.39. The van der Waals surface area contributed by atoms with Crippen molar-refractivity contribution in [3.05, 3.63) is 40.7 Å². The van der Waals surface area contributed by atoms with Crippen molar-refractivity contribution in [2.75, 3.05) is 13.1 Å². The molecule has 0 saturated carbocycles. The fraction of sp³-hybridized carbons (Fsp3) is 0.375. The molecule has 0 aliphatic carbocycles. The van der Waals surface area contributed by atoms with E-state index in [-0.39, 0.29) is 0 Å². The molecule has 3 aromatic rings. The van der Waals surface area contributed by atoms with Crippen molar-refractivity contribution in [1.29, 1.82) is 0 Å². The lowest BCUT2D eigenvalue weighted by molar-refractivity contribution is 0.300. The van der Waals surface area contributed by atoms with Gasteiger partial charge < -0.3 is 4.42 Å². The third-order valence-electron chi connectivity index (χ3n) is 4.19. The fourth-order valence-electron chi connectivity index (χ4n) is 2.93. The molecule has 0 bridgehead atoms. The predicted molar refractivity (Wildman–Crippen MR) is 84.9 cm³/mol. The molecule has 1 aromatic carbocycles. The number of fused-ring (bicyclic) bond motifs is 1. The van der Waals surface area contributed by atoms with Gasteiger partial charge in [0.2, 0.25) is 0 Å². The highest BCUT2D eigenvalue weighted by Crippen LogP contribution is 2.27. The molecule has 0 amide bonds. The summed E-state index contributed by atoms with van der Waals surface area (Å²) in [5.74, 6) is 2.07. The summed E-state index contributed by atoms with van der Waals surface area (Å²) in [6, 6.07) is 7.57. The quantitative estimate of drug-likeness (QED) is 0.741. The maximum atomic E-state index is 6.21.